The average molecular weight is 518 g/mol. The third kappa shape index (κ3) is 4.43. The fourth-order valence-electron chi connectivity index (χ4n) is 4.50. The van der Waals surface area contributed by atoms with E-state index < -0.39 is 10.0 Å². The van der Waals surface area contributed by atoms with Crippen molar-refractivity contribution in [2.75, 3.05) is 27.6 Å². The van der Waals surface area contributed by atoms with Gasteiger partial charge in [-0.2, -0.15) is 0 Å². The van der Waals surface area contributed by atoms with Crippen molar-refractivity contribution in [1.29, 1.82) is 0 Å². The van der Waals surface area contributed by atoms with E-state index in [1.54, 1.807) is 17.0 Å². The Morgan fingerprint density at radius 2 is 1.76 bits per heavy atom. The number of carbonyl (C=O) groups excluding carboxylic acids is 1. The lowest BCUT2D eigenvalue weighted by Crippen LogP contribution is -2.44. The van der Waals surface area contributed by atoms with Crippen molar-refractivity contribution in [3.05, 3.63) is 70.3 Å². The lowest BCUT2D eigenvalue weighted by molar-refractivity contribution is -0.118. The van der Waals surface area contributed by atoms with Gasteiger partial charge in [0.1, 0.15) is 6.04 Å². The average Bonchev–Trinajstić information content (AvgIpc) is 3.21. The molecule has 1 N–H and O–H groups in total. The number of nitrogens with zero attached hydrogens (tertiary/aromatic N) is 4. The first-order chi connectivity index (χ1) is 16.3. The van der Waals surface area contributed by atoms with Crippen LogP contribution < -0.4 is 14.5 Å². The van der Waals surface area contributed by atoms with Crippen LogP contribution in [-0.2, 0) is 21.2 Å². The van der Waals surface area contributed by atoms with Crippen molar-refractivity contribution in [3.8, 4) is 0 Å². The number of benzene rings is 2. The summed E-state index contributed by atoms with van der Waals surface area (Å²) in [5.41, 5.74) is 2.89. The first-order valence-electron chi connectivity index (χ1n) is 10.8. The Bertz CT molecular complexity index is 1330. The Balaban J connectivity index is 1.32. The minimum atomic E-state index is -3.86. The molecule has 2 aliphatic rings. The van der Waals surface area contributed by atoms with E-state index in [1.165, 1.54) is 24.3 Å². The lowest BCUT2D eigenvalue weighted by atomic mass is 9.99. The summed E-state index contributed by atoms with van der Waals surface area (Å²) in [7, 11) is -3.86. The van der Waals surface area contributed by atoms with Crippen LogP contribution in [0.5, 0.6) is 0 Å². The molecule has 1 amide bonds. The molecule has 8 nitrogen and oxygen atoms in total. The molecular formula is C23H21Cl2N5O3S. The van der Waals surface area contributed by atoms with E-state index in [2.05, 4.69) is 19.8 Å². The van der Waals surface area contributed by atoms with Crippen molar-refractivity contribution in [2.24, 2.45) is 0 Å². The number of nitrogens with one attached hydrogen (secondary N) is 1. The molecule has 11 heteroatoms. The summed E-state index contributed by atoms with van der Waals surface area (Å²) >= 11 is 11.9. The van der Waals surface area contributed by atoms with Gasteiger partial charge in [-0.3, -0.25) is 9.52 Å². The van der Waals surface area contributed by atoms with Gasteiger partial charge >= 0.3 is 0 Å². The van der Waals surface area contributed by atoms with E-state index in [9.17, 15) is 13.2 Å². The molecule has 2 aliphatic heterocycles. The fraction of sp³-hybridized carbons (Fsp3) is 0.261. The lowest BCUT2D eigenvalue weighted by Gasteiger charge is -2.35. The summed E-state index contributed by atoms with van der Waals surface area (Å²) in [6, 6.07) is 14.7. The number of hydrogen-bond donors (Lipinski definition) is 1. The van der Waals surface area contributed by atoms with Gasteiger partial charge in [-0.1, -0.05) is 23.2 Å². The van der Waals surface area contributed by atoms with Crippen LogP contribution in [-0.4, -0.2) is 43.7 Å². The molecule has 0 radical (unpaired) electrons. The molecule has 0 aliphatic carbocycles. The quantitative estimate of drug-likeness (QED) is 0.546. The maximum atomic E-state index is 13.3. The van der Waals surface area contributed by atoms with Crippen molar-refractivity contribution < 1.29 is 13.2 Å². The van der Waals surface area contributed by atoms with Crippen LogP contribution in [0, 0.1) is 0 Å². The summed E-state index contributed by atoms with van der Waals surface area (Å²) in [6.45, 7) is 1.38. The number of amides is 1. The zero-order valence-corrected chi connectivity index (χ0v) is 20.3. The predicted octanol–water partition coefficient (Wildman–Crippen LogP) is 4.14. The highest BCUT2D eigenvalue weighted by molar-refractivity contribution is 7.92. The largest absolute Gasteiger partial charge is 0.359 e. The smallest absolute Gasteiger partial charge is 0.263 e. The van der Waals surface area contributed by atoms with Crippen LogP contribution in [0.3, 0.4) is 0 Å². The molecule has 0 bridgehead atoms. The third-order valence-electron chi connectivity index (χ3n) is 6.08. The van der Waals surface area contributed by atoms with Crippen LogP contribution in [0.2, 0.25) is 10.2 Å². The minimum Gasteiger partial charge on any atom is -0.359 e. The highest BCUT2D eigenvalue weighted by Gasteiger charge is 2.38. The van der Waals surface area contributed by atoms with Crippen molar-refractivity contribution in [2.45, 2.75) is 30.2 Å². The number of hydrogen-bond acceptors (Lipinski definition) is 6. The molecule has 0 unspecified atom stereocenters. The van der Waals surface area contributed by atoms with Crippen LogP contribution in [0.1, 0.15) is 18.4 Å². The van der Waals surface area contributed by atoms with Gasteiger partial charge in [-0.25, -0.2) is 8.42 Å². The number of carbonyl (C=O) groups is 1. The first kappa shape index (κ1) is 22.9. The zero-order chi connectivity index (χ0) is 23.9. The summed E-state index contributed by atoms with van der Waals surface area (Å²) in [5, 5.41) is 8.21. The molecule has 0 saturated carbocycles. The van der Waals surface area contributed by atoms with Crippen LogP contribution >= 0.6 is 23.2 Å². The molecule has 0 spiro atoms. The number of sulfonamides is 1. The number of anilines is 3. The summed E-state index contributed by atoms with van der Waals surface area (Å²) in [6.07, 6.45) is 2.61. The SMILES string of the molecule is O=C1[C@@H](N2CCCc3cc(Cl)ccc32)CCN1c1ccc(S(=O)(=O)Nc2ccc(Cl)nn2)cc1. The number of aromatic nitrogens is 2. The van der Waals surface area contributed by atoms with E-state index in [0.717, 1.165) is 30.6 Å². The molecule has 34 heavy (non-hydrogen) atoms. The van der Waals surface area contributed by atoms with Gasteiger partial charge in [0.15, 0.2) is 11.0 Å². The van der Waals surface area contributed by atoms with E-state index in [1.807, 2.05) is 18.2 Å². The maximum absolute atomic E-state index is 13.3. The fourth-order valence-corrected chi connectivity index (χ4v) is 5.79. The number of aryl methyl sites for hydroxylation is 1. The third-order valence-corrected chi connectivity index (χ3v) is 7.89. The Morgan fingerprint density at radius 3 is 2.50 bits per heavy atom. The number of fused-ring (bicyclic) bond motifs is 1. The number of halogens is 2. The maximum Gasteiger partial charge on any atom is 0.263 e. The van der Waals surface area contributed by atoms with Crippen molar-refractivity contribution >= 4 is 56.3 Å². The Kier molecular flexibility index (Phi) is 6.09. The summed E-state index contributed by atoms with van der Waals surface area (Å²) in [5.74, 6) is 0.0714. The molecule has 1 fully saturated rings. The molecule has 176 valence electrons. The Morgan fingerprint density at radius 1 is 0.971 bits per heavy atom. The van der Waals surface area contributed by atoms with E-state index in [0.29, 0.717) is 23.7 Å². The normalized spacial score (nSPS) is 18.2. The highest BCUT2D eigenvalue weighted by atomic mass is 35.5. The zero-order valence-electron chi connectivity index (χ0n) is 18.0. The molecule has 2 aromatic carbocycles. The second-order valence-corrected chi connectivity index (χ2v) is 10.7. The van der Waals surface area contributed by atoms with E-state index in [4.69, 9.17) is 23.2 Å². The standard InChI is InChI=1S/C23H21Cl2N5O3S/c24-16-3-8-19-15(14-16)2-1-12-30(19)20-11-13-29(23(20)31)17-4-6-18(7-5-17)34(32,33)28-22-10-9-21(25)26-27-22/h3-10,14,20H,1-2,11-13H2,(H,27,28)/t20-/m0/s1. The molecule has 3 aromatic rings. The molecule has 1 saturated heterocycles. The van der Waals surface area contributed by atoms with Gasteiger partial charge in [-0.05, 0) is 79.4 Å². The molecule has 1 atom stereocenters. The van der Waals surface area contributed by atoms with Crippen LogP contribution in [0.25, 0.3) is 0 Å². The second-order valence-electron chi connectivity index (χ2n) is 8.21. The van der Waals surface area contributed by atoms with Crippen LogP contribution in [0.15, 0.2) is 59.5 Å². The monoisotopic (exact) mass is 517 g/mol. The van der Waals surface area contributed by atoms with Crippen molar-refractivity contribution in [1.82, 2.24) is 10.2 Å². The molecular weight excluding hydrogens is 497 g/mol. The van der Waals surface area contributed by atoms with Gasteiger partial charge < -0.3 is 9.80 Å². The first-order valence-corrected chi connectivity index (χ1v) is 13.0. The molecule has 3 heterocycles. The van der Waals surface area contributed by atoms with Crippen LogP contribution in [0.4, 0.5) is 17.2 Å². The number of rotatable bonds is 5. The summed E-state index contributed by atoms with van der Waals surface area (Å²) in [4.78, 5) is 17.3. The Hall–Kier alpha value is -2.88. The van der Waals surface area contributed by atoms with E-state index in [-0.39, 0.29) is 27.8 Å². The predicted molar refractivity (Wildman–Crippen MR) is 132 cm³/mol. The highest BCUT2D eigenvalue weighted by Crippen LogP contribution is 2.35. The van der Waals surface area contributed by atoms with E-state index >= 15 is 0 Å². The minimum absolute atomic E-state index is 0.00738. The van der Waals surface area contributed by atoms with Gasteiger partial charge in [0.25, 0.3) is 10.0 Å². The molecule has 5 rings (SSSR count). The van der Waals surface area contributed by atoms with Gasteiger partial charge in [0.2, 0.25) is 5.91 Å². The Labute approximate surface area is 207 Å². The second kappa shape index (κ2) is 9.05. The van der Waals surface area contributed by atoms with Crippen molar-refractivity contribution in [3.63, 3.8) is 0 Å². The van der Waals surface area contributed by atoms with Gasteiger partial charge in [0, 0.05) is 29.5 Å². The topological polar surface area (TPSA) is 95.5 Å². The van der Waals surface area contributed by atoms with Gasteiger partial charge in [-0.15, -0.1) is 10.2 Å². The van der Waals surface area contributed by atoms with Gasteiger partial charge in [0.05, 0.1) is 4.90 Å². The summed E-state index contributed by atoms with van der Waals surface area (Å²) < 4.78 is 27.7. The molecule has 1 aromatic heterocycles.